The van der Waals surface area contributed by atoms with E-state index in [9.17, 15) is 19.5 Å². The second-order valence-corrected chi connectivity index (χ2v) is 8.75. The highest BCUT2D eigenvalue weighted by Crippen LogP contribution is 2.25. The van der Waals surface area contributed by atoms with Crippen molar-refractivity contribution in [1.82, 2.24) is 9.80 Å². The SMILES string of the molecule is CN(CCN(C)C(=O)OC(C)(C)C)C(=O)OCc1ccc(/N=N/c2ccc(O)c(C(=O)O)c2)cc1. The number of likely N-dealkylation sites (N-methyl/N-ethyl adjacent to an activating group) is 2. The fourth-order valence-corrected chi connectivity index (χ4v) is 2.61. The van der Waals surface area contributed by atoms with E-state index < -0.39 is 23.8 Å². The number of hydrogen-bond acceptors (Lipinski definition) is 8. The Bertz CT molecular complexity index is 1080. The van der Waals surface area contributed by atoms with Crippen molar-refractivity contribution in [3.8, 4) is 5.75 Å². The highest BCUT2D eigenvalue weighted by atomic mass is 16.6. The Hall–Kier alpha value is -4.15. The van der Waals surface area contributed by atoms with Crippen LogP contribution in [-0.4, -0.2) is 71.0 Å². The van der Waals surface area contributed by atoms with Crippen LogP contribution in [0.1, 0.15) is 36.7 Å². The lowest BCUT2D eigenvalue weighted by Crippen LogP contribution is -2.40. The van der Waals surface area contributed by atoms with Crippen LogP contribution in [0.3, 0.4) is 0 Å². The van der Waals surface area contributed by atoms with Crippen molar-refractivity contribution in [1.29, 1.82) is 0 Å². The minimum absolute atomic E-state index is 0.0441. The molecule has 35 heavy (non-hydrogen) atoms. The van der Waals surface area contributed by atoms with Crippen LogP contribution < -0.4 is 0 Å². The van der Waals surface area contributed by atoms with Crippen LogP contribution in [0.5, 0.6) is 5.75 Å². The molecular formula is C24H30N4O7. The van der Waals surface area contributed by atoms with Gasteiger partial charge < -0.3 is 29.5 Å². The Morgan fingerprint density at radius 1 is 0.886 bits per heavy atom. The van der Waals surface area contributed by atoms with E-state index in [0.29, 0.717) is 5.69 Å². The number of benzene rings is 2. The predicted molar refractivity (Wildman–Crippen MR) is 127 cm³/mol. The molecule has 0 heterocycles. The topological polar surface area (TPSA) is 141 Å². The lowest BCUT2D eigenvalue weighted by Gasteiger charge is -2.26. The molecule has 0 aliphatic carbocycles. The molecule has 188 valence electrons. The summed E-state index contributed by atoms with van der Waals surface area (Å²) in [6, 6.07) is 10.7. The third-order valence-corrected chi connectivity index (χ3v) is 4.58. The first-order chi connectivity index (χ1) is 16.4. The molecule has 0 saturated carbocycles. The van der Waals surface area contributed by atoms with Crippen molar-refractivity contribution in [2.45, 2.75) is 33.0 Å². The van der Waals surface area contributed by atoms with Crippen molar-refractivity contribution in [3.63, 3.8) is 0 Å². The molecule has 0 spiro atoms. The quantitative estimate of drug-likeness (QED) is 0.503. The zero-order chi connectivity index (χ0) is 26.2. The number of hydrogen-bond donors (Lipinski definition) is 2. The van der Waals surface area contributed by atoms with Gasteiger partial charge >= 0.3 is 18.2 Å². The maximum absolute atomic E-state index is 12.2. The standard InChI is InChI=1S/C24H30N4O7/c1-24(2,3)35-23(33)28(5)13-12-27(4)22(32)34-15-16-6-8-17(9-7-16)25-26-18-10-11-20(29)19(14-18)21(30)31/h6-11,14,29H,12-13,15H2,1-5H3,(H,30,31)/b26-25+. The van der Waals surface area contributed by atoms with Gasteiger partial charge in [0.25, 0.3) is 0 Å². The van der Waals surface area contributed by atoms with Crippen LogP contribution >= 0.6 is 0 Å². The number of carboxylic acids is 1. The largest absolute Gasteiger partial charge is 0.507 e. The average molecular weight is 487 g/mol. The van der Waals surface area contributed by atoms with E-state index in [0.717, 1.165) is 5.56 Å². The lowest BCUT2D eigenvalue weighted by molar-refractivity contribution is 0.0281. The molecule has 0 fully saturated rings. The molecule has 11 heteroatoms. The second-order valence-electron chi connectivity index (χ2n) is 8.75. The minimum atomic E-state index is -1.26. The summed E-state index contributed by atoms with van der Waals surface area (Å²) in [7, 11) is 3.17. The zero-order valence-electron chi connectivity index (χ0n) is 20.4. The normalized spacial score (nSPS) is 11.2. The van der Waals surface area contributed by atoms with E-state index in [1.165, 1.54) is 28.0 Å². The van der Waals surface area contributed by atoms with E-state index in [2.05, 4.69) is 10.2 Å². The van der Waals surface area contributed by atoms with Crippen molar-refractivity contribution >= 4 is 29.5 Å². The second kappa shape index (κ2) is 11.8. The molecule has 0 unspecified atom stereocenters. The number of amides is 2. The number of carboxylic acid groups (broad SMARTS) is 1. The summed E-state index contributed by atoms with van der Waals surface area (Å²) in [4.78, 5) is 38.1. The average Bonchev–Trinajstić information content (AvgIpc) is 2.79. The molecular weight excluding hydrogens is 456 g/mol. The summed E-state index contributed by atoms with van der Waals surface area (Å²) >= 11 is 0. The molecule has 2 rings (SSSR count). The lowest BCUT2D eigenvalue weighted by atomic mass is 10.2. The van der Waals surface area contributed by atoms with Crippen LogP contribution in [0.2, 0.25) is 0 Å². The molecule has 2 aromatic carbocycles. The van der Waals surface area contributed by atoms with Crippen LogP contribution in [0, 0.1) is 0 Å². The van der Waals surface area contributed by atoms with Gasteiger partial charge in [-0.1, -0.05) is 12.1 Å². The zero-order valence-corrected chi connectivity index (χ0v) is 20.4. The van der Waals surface area contributed by atoms with Gasteiger partial charge in [-0.25, -0.2) is 14.4 Å². The third kappa shape index (κ3) is 8.95. The smallest absolute Gasteiger partial charge is 0.410 e. The van der Waals surface area contributed by atoms with Gasteiger partial charge in [-0.3, -0.25) is 0 Å². The molecule has 0 aliphatic rings. The number of aromatic carboxylic acids is 1. The van der Waals surface area contributed by atoms with Crippen LogP contribution in [-0.2, 0) is 16.1 Å². The summed E-state index contributed by atoms with van der Waals surface area (Å²) < 4.78 is 10.6. The van der Waals surface area contributed by atoms with Crippen LogP contribution in [0.4, 0.5) is 21.0 Å². The van der Waals surface area contributed by atoms with E-state index in [-0.39, 0.29) is 36.7 Å². The van der Waals surface area contributed by atoms with E-state index in [1.54, 1.807) is 59.1 Å². The van der Waals surface area contributed by atoms with Gasteiger partial charge in [0.05, 0.1) is 11.4 Å². The summed E-state index contributed by atoms with van der Waals surface area (Å²) in [5.41, 5.74) is 0.656. The summed E-state index contributed by atoms with van der Waals surface area (Å²) in [5, 5.41) is 26.6. The fourth-order valence-electron chi connectivity index (χ4n) is 2.61. The van der Waals surface area contributed by atoms with Crippen molar-refractivity contribution in [2.24, 2.45) is 10.2 Å². The molecule has 2 N–H and O–H groups in total. The number of phenols is 1. The minimum Gasteiger partial charge on any atom is -0.507 e. The fraction of sp³-hybridized carbons (Fsp3) is 0.375. The summed E-state index contributed by atoms with van der Waals surface area (Å²) in [5.74, 6) is -1.62. The van der Waals surface area contributed by atoms with E-state index in [4.69, 9.17) is 14.6 Å². The Morgan fingerprint density at radius 3 is 2.00 bits per heavy atom. The number of rotatable bonds is 8. The van der Waals surface area contributed by atoms with Gasteiger partial charge in [0, 0.05) is 27.2 Å². The van der Waals surface area contributed by atoms with Gasteiger partial charge in [0.2, 0.25) is 0 Å². The van der Waals surface area contributed by atoms with Crippen LogP contribution in [0.25, 0.3) is 0 Å². The van der Waals surface area contributed by atoms with Crippen molar-refractivity contribution in [2.75, 3.05) is 27.2 Å². The first-order valence-electron chi connectivity index (χ1n) is 10.7. The van der Waals surface area contributed by atoms with E-state index >= 15 is 0 Å². The molecule has 0 saturated heterocycles. The molecule has 2 amide bonds. The van der Waals surface area contributed by atoms with Crippen molar-refractivity contribution < 1.29 is 34.1 Å². The van der Waals surface area contributed by atoms with Gasteiger partial charge in [0.15, 0.2) is 0 Å². The maximum Gasteiger partial charge on any atom is 0.410 e. The molecule has 0 bridgehead atoms. The highest BCUT2D eigenvalue weighted by molar-refractivity contribution is 5.91. The number of carbonyl (C=O) groups is 3. The highest BCUT2D eigenvalue weighted by Gasteiger charge is 2.20. The van der Waals surface area contributed by atoms with Gasteiger partial charge in [-0.15, -0.1) is 0 Å². The molecule has 0 aliphatic heterocycles. The monoisotopic (exact) mass is 486 g/mol. The molecule has 2 aromatic rings. The summed E-state index contributed by atoms with van der Waals surface area (Å²) in [6.07, 6.45) is -1.00. The Balaban J connectivity index is 1.83. The van der Waals surface area contributed by atoms with Gasteiger partial charge in [0.1, 0.15) is 23.5 Å². The first-order valence-corrected chi connectivity index (χ1v) is 10.7. The maximum atomic E-state index is 12.2. The predicted octanol–water partition coefficient (Wildman–Crippen LogP) is 4.94. The number of ether oxygens (including phenoxy) is 2. The Kier molecular flexibility index (Phi) is 9.15. The summed E-state index contributed by atoms with van der Waals surface area (Å²) in [6.45, 7) is 5.95. The Labute approximate surface area is 203 Å². The molecule has 0 aromatic heterocycles. The van der Waals surface area contributed by atoms with E-state index in [1.807, 2.05) is 0 Å². The van der Waals surface area contributed by atoms with Crippen LogP contribution in [0.15, 0.2) is 52.7 Å². The number of azo groups is 1. The molecule has 11 nitrogen and oxygen atoms in total. The van der Waals surface area contributed by atoms with Crippen molar-refractivity contribution in [3.05, 3.63) is 53.6 Å². The Morgan fingerprint density at radius 2 is 1.43 bits per heavy atom. The van der Waals surface area contributed by atoms with Gasteiger partial charge in [-0.2, -0.15) is 10.2 Å². The molecule has 0 radical (unpaired) electrons. The number of nitrogens with zero attached hydrogens (tertiary/aromatic N) is 4. The first kappa shape index (κ1) is 27.1. The number of carbonyl (C=O) groups excluding carboxylic acids is 2. The third-order valence-electron chi connectivity index (χ3n) is 4.58. The van der Waals surface area contributed by atoms with Gasteiger partial charge in [-0.05, 0) is 56.7 Å². The molecule has 0 atom stereocenters. The number of aromatic hydroxyl groups is 1.